The number of hydrogen-bond donors (Lipinski definition) is 1. The fourth-order valence-corrected chi connectivity index (χ4v) is 6.81. The van der Waals surface area contributed by atoms with Crippen LogP contribution in [0.5, 0.6) is 5.75 Å². The van der Waals surface area contributed by atoms with Crippen molar-refractivity contribution in [3.8, 4) is 5.75 Å². The predicted molar refractivity (Wildman–Crippen MR) is 125 cm³/mol. The SMILES string of the molecule is O=C1C(Cc2c(Cl)cc(OS(=O)(=O)C(F)(F)F)cc2Cl)CCN1C1CCC2=C(C1)N(S(=O)(=O)C(F)(F)F)CN2. The highest BCUT2D eigenvalue weighted by molar-refractivity contribution is 7.90. The maximum atomic E-state index is 13.2. The monoisotopic (exact) mass is 645 g/mol. The van der Waals surface area contributed by atoms with Crippen LogP contribution in [0.15, 0.2) is 23.5 Å². The highest BCUT2D eigenvalue weighted by atomic mass is 35.5. The topological polar surface area (TPSA) is 113 Å². The third-order valence-electron chi connectivity index (χ3n) is 6.67. The van der Waals surface area contributed by atoms with Gasteiger partial charge in [0.2, 0.25) is 5.91 Å². The van der Waals surface area contributed by atoms with Gasteiger partial charge in [-0.3, -0.25) is 4.79 Å². The van der Waals surface area contributed by atoms with Gasteiger partial charge in [0.1, 0.15) is 12.4 Å². The van der Waals surface area contributed by atoms with Gasteiger partial charge in [-0.1, -0.05) is 23.2 Å². The summed E-state index contributed by atoms with van der Waals surface area (Å²) in [4.78, 5) is 14.7. The van der Waals surface area contributed by atoms with Crippen LogP contribution in [0.25, 0.3) is 0 Å². The number of rotatable bonds is 6. The molecule has 0 spiro atoms. The molecule has 218 valence electrons. The Bertz CT molecular complexity index is 1410. The van der Waals surface area contributed by atoms with E-state index < -0.39 is 55.5 Å². The van der Waals surface area contributed by atoms with Gasteiger partial charge >= 0.3 is 31.2 Å². The van der Waals surface area contributed by atoms with Crippen LogP contribution in [0.2, 0.25) is 10.0 Å². The lowest BCUT2D eigenvalue weighted by molar-refractivity contribution is -0.133. The molecule has 2 atom stereocenters. The van der Waals surface area contributed by atoms with E-state index in [-0.39, 0.29) is 63.7 Å². The Kier molecular flexibility index (Phi) is 7.71. The Morgan fingerprint density at radius 3 is 2.18 bits per heavy atom. The lowest BCUT2D eigenvalue weighted by Crippen LogP contribution is -2.43. The van der Waals surface area contributed by atoms with E-state index in [1.807, 2.05) is 0 Å². The molecule has 0 bridgehead atoms. The van der Waals surface area contributed by atoms with Crippen molar-refractivity contribution in [2.45, 2.75) is 49.2 Å². The molecule has 0 aromatic heterocycles. The van der Waals surface area contributed by atoms with E-state index >= 15 is 0 Å². The predicted octanol–water partition coefficient (Wildman–Crippen LogP) is 4.09. The first-order valence-corrected chi connectivity index (χ1v) is 14.8. The molecule has 1 aliphatic carbocycles. The van der Waals surface area contributed by atoms with Crippen LogP contribution in [0.4, 0.5) is 26.3 Å². The van der Waals surface area contributed by atoms with Gasteiger partial charge in [0.25, 0.3) is 0 Å². The summed E-state index contributed by atoms with van der Waals surface area (Å²) >= 11 is 12.2. The normalized spacial score (nSPS) is 22.8. The number of nitrogens with one attached hydrogen (secondary N) is 1. The number of alkyl halides is 6. The maximum Gasteiger partial charge on any atom is 0.534 e. The Morgan fingerprint density at radius 1 is 1.00 bits per heavy atom. The molecule has 1 saturated heterocycles. The fraction of sp³-hybridized carbons (Fsp3) is 0.550. The first-order chi connectivity index (χ1) is 17.8. The summed E-state index contributed by atoms with van der Waals surface area (Å²) in [5, 5.41) is 2.20. The van der Waals surface area contributed by atoms with Gasteiger partial charge in [-0.15, -0.1) is 0 Å². The van der Waals surface area contributed by atoms with Crippen molar-refractivity contribution in [2.75, 3.05) is 13.2 Å². The molecule has 2 unspecified atom stereocenters. The number of benzene rings is 1. The minimum absolute atomic E-state index is 0.0460. The van der Waals surface area contributed by atoms with Crippen molar-refractivity contribution in [2.24, 2.45) is 5.92 Å². The maximum absolute atomic E-state index is 13.2. The number of sulfonamides is 1. The molecule has 1 amide bonds. The van der Waals surface area contributed by atoms with Crippen molar-refractivity contribution in [1.29, 1.82) is 0 Å². The molecule has 3 aliphatic rings. The van der Waals surface area contributed by atoms with Gasteiger partial charge in [-0.25, -0.2) is 4.31 Å². The zero-order chi connectivity index (χ0) is 29.1. The number of nitrogens with zero attached hydrogens (tertiary/aromatic N) is 2. The van der Waals surface area contributed by atoms with Gasteiger partial charge < -0.3 is 14.4 Å². The second-order valence-corrected chi connectivity index (χ2v) is 13.2. The molecule has 0 radical (unpaired) electrons. The number of carbonyl (C=O) groups excluding carboxylic acids is 1. The van der Waals surface area contributed by atoms with Gasteiger partial charge in [0.05, 0.1) is 5.70 Å². The van der Waals surface area contributed by atoms with Crippen LogP contribution in [-0.4, -0.2) is 62.2 Å². The van der Waals surface area contributed by atoms with Gasteiger partial charge in [0, 0.05) is 52.8 Å². The number of allylic oxidation sites excluding steroid dienone is 1. The van der Waals surface area contributed by atoms with E-state index in [9.17, 15) is 48.0 Å². The van der Waals surface area contributed by atoms with Gasteiger partial charge in [0.15, 0.2) is 0 Å². The van der Waals surface area contributed by atoms with Crippen LogP contribution < -0.4 is 9.50 Å². The number of amides is 1. The van der Waals surface area contributed by atoms with Gasteiger partial charge in [-0.05, 0) is 31.2 Å². The van der Waals surface area contributed by atoms with Crippen molar-refractivity contribution in [3.63, 3.8) is 0 Å². The first-order valence-electron chi connectivity index (χ1n) is 11.2. The highest BCUT2D eigenvalue weighted by Gasteiger charge is 2.53. The zero-order valence-electron chi connectivity index (χ0n) is 19.4. The molecular weight excluding hydrogens is 627 g/mol. The molecule has 4 rings (SSSR count). The molecule has 2 heterocycles. The molecule has 19 heteroatoms. The Hall–Kier alpha value is -2.11. The Morgan fingerprint density at radius 2 is 1.62 bits per heavy atom. The van der Waals surface area contributed by atoms with E-state index in [0.29, 0.717) is 12.1 Å². The second-order valence-electron chi connectivity index (χ2n) is 9.03. The van der Waals surface area contributed by atoms with Crippen LogP contribution in [-0.2, 0) is 31.4 Å². The molecular formula is C20H19Cl2F6N3O6S2. The van der Waals surface area contributed by atoms with Crippen molar-refractivity contribution in [1.82, 2.24) is 14.5 Å². The molecule has 1 aromatic rings. The minimum atomic E-state index is -5.97. The average molecular weight is 646 g/mol. The van der Waals surface area contributed by atoms with Crippen molar-refractivity contribution in [3.05, 3.63) is 39.1 Å². The lowest BCUT2D eigenvalue weighted by Gasteiger charge is -2.34. The smallest absolute Gasteiger partial charge is 0.376 e. The van der Waals surface area contributed by atoms with E-state index in [1.54, 1.807) is 0 Å². The summed E-state index contributed by atoms with van der Waals surface area (Å²) in [5.74, 6) is -1.86. The van der Waals surface area contributed by atoms with Crippen molar-refractivity contribution < 1.29 is 52.2 Å². The van der Waals surface area contributed by atoms with E-state index in [1.165, 1.54) is 4.90 Å². The third-order valence-corrected chi connectivity index (χ3v) is 9.84. The summed E-state index contributed by atoms with van der Waals surface area (Å²) in [7, 11) is -11.6. The Balaban J connectivity index is 1.47. The zero-order valence-corrected chi connectivity index (χ0v) is 22.6. The molecule has 2 aliphatic heterocycles. The van der Waals surface area contributed by atoms with Crippen LogP contribution in [0.1, 0.15) is 31.2 Å². The van der Waals surface area contributed by atoms with Gasteiger partial charge in [-0.2, -0.15) is 43.2 Å². The largest absolute Gasteiger partial charge is 0.534 e. The molecule has 39 heavy (non-hydrogen) atoms. The van der Waals surface area contributed by atoms with Crippen LogP contribution >= 0.6 is 23.2 Å². The lowest BCUT2D eigenvalue weighted by atomic mass is 9.95. The standard InChI is InChI=1S/C20H19Cl2F6N3O6S2/c21-14-7-12(37-39(35,36)20(26,27)28)8-15(22)13(14)5-10-3-4-30(18(10)32)11-1-2-16-17(6-11)31(9-29-16)38(33,34)19(23,24)25/h7-8,10-11,29H,1-6,9H2. The Labute approximate surface area is 228 Å². The number of hydrogen-bond acceptors (Lipinski definition) is 7. The van der Waals surface area contributed by atoms with Crippen molar-refractivity contribution >= 4 is 49.3 Å². The number of halogens is 8. The highest BCUT2D eigenvalue weighted by Crippen LogP contribution is 2.41. The molecule has 1 N–H and O–H groups in total. The number of carbonyl (C=O) groups is 1. The van der Waals surface area contributed by atoms with E-state index in [0.717, 1.165) is 12.1 Å². The summed E-state index contributed by atoms with van der Waals surface area (Å²) < 4.78 is 128. The molecule has 1 aromatic carbocycles. The summed E-state index contributed by atoms with van der Waals surface area (Å²) in [6, 6.07) is 1.07. The summed E-state index contributed by atoms with van der Waals surface area (Å²) in [6.07, 6.45) is 0.731. The quantitative estimate of drug-likeness (QED) is 0.282. The number of likely N-dealkylation sites (tertiary alicyclic amines) is 1. The van der Waals surface area contributed by atoms with Crippen LogP contribution in [0.3, 0.4) is 0 Å². The first kappa shape index (κ1) is 29.9. The third kappa shape index (κ3) is 5.59. The molecule has 9 nitrogen and oxygen atoms in total. The molecule has 0 saturated carbocycles. The van der Waals surface area contributed by atoms with Crippen LogP contribution in [0, 0.1) is 5.92 Å². The minimum Gasteiger partial charge on any atom is -0.376 e. The fourth-order valence-electron chi connectivity index (χ4n) is 4.79. The average Bonchev–Trinajstić information content (AvgIpc) is 3.37. The molecule has 1 fully saturated rings. The summed E-state index contributed by atoms with van der Waals surface area (Å²) in [6.45, 7) is -0.340. The second kappa shape index (κ2) is 10.1. The van der Waals surface area contributed by atoms with E-state index in [2.05, 4.69) is 9.50 Å². The summed E-state index contributed by atoms with van der Waals surface area (Å²) in [5.41, 5.74) is -10.7. The van der Waals surface area contributed by atoms with E-state index in [4.69, 9.17) is 23.2 Å².